The van der Waals surface area contributed by atoms with E-state index in [0.29, 0.717) is 17.9 Å². The number of rotatable bonds is 10. The first-order valence-corrected chi connectivity index (χ1v) is 16.9. The molecule has 2 aliphatic heterocycles. The lowest BCUT2D eigenvalue weighted by molar-refractivity contribution is 0.134. The Balaban J connectivity index is 1.74. The minimum atomic E-state index is -3.73. The van der Waals surface area contributed by atoms with Gasteiger partial charge < -0.3 is 14.4 Å². The Bertz CT molecular complexity index is 1610. The predicted molar refractivity (Wildman–Crippen MR) is 164 cm³/mol. The number of hydrogen-bond acceptors (Lipinski definition) is 7. The SMILES string of the molecule is COc1cc2c(c3c1OC(C)(C)C3)C(c1cccc(N(CCCS(=O)(=O)/N=C/N(C)C)S(C)(=O)=O)c1)=NC(C)(C)C2. The molecule has 10 nitrogen and oxygen atoms in total. The van der Waals surface area contributed by atoms with Crippen molar-refractivity contribution in [3.05, 3.63) is 52.6 Å². The molecule has 2 heterocycles. The Kier molecular flexibility index (Phi) is 8.23. The zero-order valence-corrected chi connectivity index (χ0v) is 26.7. The van der Waals surface area contributed by atoms with Crippen molar-refractivity contribution in [1.29, 1.82) is 0 Å². The molecule has 0 fully saturated rings. The Morgan fingerprint density at radius 3 is 2.44 bits per heavy atom. The van der Waals surface area contributed by atoms with Crippen LogP contribution in [-0.2, 0) is 32.9 Å². The number of benzene rings is 2. The van der Waals surface area contributed by atoms with Crippen molar-refractivity contribution in [3.8, 4) is 11.5 Å². The Morgan fingerprint density at radius 2 is 1.80 bits per heavy atom. The maximum absolute atomic E-state index is 12.9. The van der Waals surface area contributed by atoms with Gasteiger partial charge in [0.1, 0.15) is 11.9 Å². The van der Waals surface area contributed by atoms with Crippen molar-refractivity contribution < 1.29 is 26.3 Å². The first kappa shape index (κ1) is 30.8. The Labute approximate surface area is 244 Å². The second-order valence-electron chi connectivity index (χ2n) is 12.1. The van der Waals surface area contributed by atoms with Gasteiger partial charge in [-0.3, -0.25) is 9.30 Å². The maximum Gasteiger partial charge on any atom is 0.254 e. The highest BCUT2D eigenvalue weighted by Crippen LogP contribution is 2.48. The third kappa shape index (κ3) is 7.03. The molecule has 41 heavy (non-hydrogen) atoms. The highest BCUT2D eigenvalue weighted by molar-refractivity contribution is 7.92. The zero-order valence-electron chi connectivity index (χ0n) is 25.1. The lowest BCUT2D eigenvalue weighted by atomic mass is 9.81. The molecule has 0 bridgehead atoms. The highest BCUT2D eigenvalue weighted by Gasteiger charge is 2.39. The number of sulfonamides is 2. The average Bonchev–Trinajstić information content (AvgIpc) is 3.18. The summed E-state index contributed by atoms with van der Waals surface area (Å²) in [6.45, 7) is 8.21. The fourth-order valence-electron chi connectivity index (χ4n) is 5.33. The van der Waals surface area contributed by atoms with E-state index in [1.54, 1.807) is 39.4 Å². The zero-order chi connectivity index (χ0) is 30.4. The van der Waals surface area contributed by atoms with Crippen molar-refractivity contribution >= 4 is 37.8 Å². The molecule has 0 amide bonds. The highest BCUT2D eigenvalue weighted by atomic mass is 32.2. The van der Waals surface area contributed by atoms with Gasteiger partial charge in [-0.05, 0) is 64.3 Å². The average molecular weight is 605 g/mol. The predicted octanol–water partition coefficient (Wildman–Crippen LogP) is 3.66. The number of ether oxygens (including phenoxy) is 2. The summed E-state index contributed by atoms with van der Waals surface area (Å²) in [5, 5.41) is 0. The number of nitrogens with zero attached hydrogens (tertiary/aromatic N) is 4. The number of methoxy groups -OCH3 is 1. The second-order valence-corrected chi connectivity index (χ2v) is 15.8. The molecule has 4 rings (SSSR count). The van der Waals surface area contributed by atoms with E-state index in [1.165, 1.54) is 15.5 Å². The summed E-state index contributed by atoms with van der Waals surface area (Å²) in [6.07, 6.45) is 3.82. The molecule has 2 aromatic carbocycles. The van der Waals surface area contributed by atoms with Gasteiger partial charge in [-0.2, -0.15) is 4.40 Å². The van der Waals surface area contributed by atoms with Crippen LogP contribution in [0.1, 0.15) is 56.4 Å². The molecule has 224 valence electrons. The van der Waals surface area contributed by atoms with E-state index >= 15 is 0 Å². The standard InChI is InChI=1S/C29H40N4O6S2/c1-28(2)17-21-16-24(38-7)27-23(18-29(3,4)39-27)25(21)26(31-28)20-11-9-12-22(15-20)33(40(8,34)35)13-10-14-41(36,37)30-19-32(5)6/h9,11-12,15-16,19H,10,13-14,17-18H2,1-8H3/b30-19+. The second kappa shape index (κ2) is 10.9. The largest absolute Gasteiger partial charge is 0.493 e. The molecule has 0 radical (unpaired) electrons. The normalized spacial score (nSPS) is 17.4. The molecule has 0 spiro atoms. The van der Waals surface area contributed by atoms with Gasteiger partial charge in [0.05, 0.1) is 36.1 Å². The van der Waals surface area contributed by atoms with Crippen molar-refractivity contribution in [1.82, 2.24) is 4.90 Å². The summed E-state index contributed by atoms with van der Waals surface area (Å²) in [6, 6.07) is 9.27. The van der Waals surface area contributed by atoms with E-state index in [-0.39, 0.29) is 18.7 Å². The molecule has 0 N–H and O–H groups in total. The van der Waals surface area contributed by atoms with E-state index in [0.717, 1.165) is 46.4 Å². The molecule has 2 aromatic rings. The van der Waals surface area contributed by atoms with Crippen LogP contribution >= 0.6 is 0 Å². The van der Waals surface area contributed by atoms with Gasteiger partial charge in [0.15, 0.2) is 11.5 Å². The summed E-state index contributed by atoms with van der Waals surface area (Å²) in [5.74, 6) is 1.14. The van der Waals surface area contributed by atoms with Crippen LogP contribution in [0.4, 0.5) is 5.69 Å². The van der Waals surface area contributed by atoms with Crippen molar-refractivity contribution in [2.75, 3.05) is 44.1 Å². The number of hydrogen-bond donors (Lipinski definition) is 0. The van der Waals surface area contributed by atoms with Crippen LogP contribution in [-0.4, -0.2) is 84.7 Å². The van der Waals surface area contributed by atoms with Crippen molar-refractivity contribution in [3.63, 3.8) is 0 Å². The van der Waals surface area contributed by atoms with Crippen LogP contribution < -0.4 is 13.8 Å². The summed E-state index contributed by atoms with van der Waals surface area (Å²) in [5.41, 5.74) is 4.31. The first-order valence-electron chi connectivity index (χ1n) is 13.5. The molecular weight excluding hydrogens is 564 g/mol. The molecule has 2 aliphatic rings. The smallest absolute Gasteiger partial charge is 0.254 e. The minimum absolute atomic E-state index is 0.0117. The summed E-state index contributed by atoms with van der Waals surface area (Å²) in [4.78, 5) is 6.68. The minimum Gasteiger partial charge on any atom is -0.493 e. The molecule has 0 saturated heterocycles. The number of aliphatic imine (C=N–C) groups is 1. The summed E-state index contributed by atoms with van der Waals surface area (Å²) >= 11 is 0. The summed E-state index contributed by atoms with van der Waals surface area (Å²) < 4.78 is 67.2. The molecule has 0 aromatic heterocycles. The number of fused-ring (bicyclic) bond motifs is 3. The Morgan fingerprint density at radius 1 is 1.10 bits per heavy atom. The Hall–Kier alpha value is -3.12. The lowest BCUT2D eigenvalue weighted by Gasteiger charge is -2.31. The van der Waals surface area contributed by atoms with E-state index in [2.05, 4.69) is 18.2 Å². The van der Waals surface area contributed by atoms with Gasteiger partial charge in [-0.1, -0.05) is 12.1 Å². The molecule has 0 unspecified atom stereocenters. The number of anilines is 1. The van der Waals surface area contributed by atoms with Gasteiger partial charge in [-0.15, -0.1) is 0 Å². The van der Waals surface area contributed by atoms with Crippen molar-refractivity contribution in [2.24, 2.45) is 9.39 Å². The van der Waals surface area contributed by atoms with Gasteiger partial charge >= 0.3 is 0 Å². The van der Waals surface area contributed by atoms with E-state index in [4.69, 9.17) is 14.5 Å². The van der Waals surface area contributed by atoms with Gasteiger partial charge in [-0.25, -0.2) is 16.8 Å². The molecule has 0 aliphatic carbocycles. The van der Waals surface area contributed by atoms with E-state index < -0.39 is 31.2 Å². The fourth-order valence-corrected chi connectivity index (χ4v) is 7.22. The fraction of sp³-hybridized carbons (Fsp3) is 0.517. The van der Waals surface area contributed by atoms with Gasteiger partial charge in [0.2, 0.25) is 10.0 Å². The quantitative estimate of drug-likeness (QED) is 0.300. The topological polar surface area (TPSA) is 118 Å². The molecule has 0 atom stereocenters. The molecular formula is C29H40N4O6S2. The third-order valence-electron chi connectivity index (χ3n) is 6.91. The van der Waals surface area contributed by atoms with E-state index in [9.17, 15) is 16.8 Å². The molecule has 0 saturated carbocycles. The molecule has 12 heteroatoms. The van der Waals surface area contributed by atoms with Crippen LogP contribution in [0.2, 0.25) is 0 Å². The van der Waals surface area contributed by atoms with Crippen LogP contribution in [0.3, 0.4) is 0 Å². The first-order chi connectivity index (χ1) is 18.9. The summed E-state index contributed by atoms with van der Waals surface area (Å²) in [7, 11) is -2.45. The van der Waals surface area contributed by atoms with Gasteiger partial charge in [0, 0.05) is 43.8 Å². The maximum atomic E-state index is 12.9. The van der Waals surface area contributed by atoms with E-state index in [1.807, 2.05) is 26.0 Å². The van der Waals surface area contributed by atoms with Crippen LogP contribution in [0, 0.1) is 0 Å². The third-order valence-corrected chi connectivity index (χ3v) is 9.33. The van der Waals surface area contributed by atoms with Crippen molar-refractivity contribution in [2.45, 2.75) is 58.1 Å². The van der Waals surface area contributed by atoms with Crippen LogP contribution in [0.25, 0.3) is 0 Å². The lowest BCUT2D eigenvalue weighted by Crippen LogP contribution is -2.33. The monoisotopic (exact) mass is 604 g/mol. The van der Waals surface area contributed by atoms with Crippen LogP contribution in [0.15, 0.2) is 39.7 Å². The van der Waals surface area contributed by atoms with Crippen LogP contribution in [0.5, 0.6) is 11.5 Å². The van der Waals surface area contributed by atoms with Gasteiger partial charge in [0.25, 0.3) is 10.0 Å².